The Morgan fingerprint density at radius 3 is 1.23 bits per heavy atom. The molecule has 3 rings (SSSR count). The van der Waals surface area contributed by atoms with E-state index in [9.17, 15) is 8.42 Å². The molecule has 0 saturated carbocycles. The van der Waals surface area contributed by atoms with E-state index in [1.807, 2.05) is 0 Å². The van der Waals surface area contributed by atoms with Crippen LogP contribution in [0.25, 0.3) is 0 Å². The molecule has 0 aromatic heterocycles. The predicted octanol–water partition coefficient (Wildman–Crippen LogP) is 5.84. The largest absolute Gasteiger partial charge is 0.294 e. The molecule has 3 nitrogen and oxygen atoms in total. The highest BCUT2D eigenvalue weighted by molar-refractivity contribution is 7.85. The van der Waals surface area contributed by atoms with Crippen LogP contribution in [-0.4, -0.2) is 13.0 Å². The van der Waals surface area contributed by atoms with Gasteiger partial charge in [-0.05, 0) is 44.7 Å². The minimum atomic E-state index is -4.00. The molecule has 0 atom stereocenters. The average Bonchev–Trinajstić information content (AvgIpc) is 2.68. The molecule has 0 radical (unpaired) electrons. The summed E-state index contributed by atoms with van der Waals surface area (Å²) in [5.41, 5.74) is 3.27. The van der Waals surface area contributed by atoms with Gasteiger partial charge in [0, 0.05) is 0 Å². The van der Waals surface area contributed by atoms with Crippen molar-refractivity contribution in [1.82, 2.24) is 0 Å². The number of benzene rings is 3. The first-order chi connectivity index (χ1) is 14.3. The monoisotopic (exact) mass is 456 g/mol. The molecule has 5 heteroatoms. The summed E-state index contributed by atoms with van der Waals surface area (Å²) in [5, 5.41) is 2.82. The van der Waals surface area contributed by atoms with Crippen molar-refractivity contribution in [2.45, 2.75) is 57.3 Å². The second-order valence-electron chi connectivity index (χ2n) is 9.57. The Balaban J connectivity index is 0.000000285. The molecule has 1 N–H and O–H groups in total. The number of hydrogen-bond donors (Lipinski definition) is 1. The highest BCUT2D eigenvalue weighted by atomic mass is 32.2. The fourth-order valence-electron chi connectivity index (χ4n) is 2.87. The summed E-state index contributed by atoms with van der Waals surface area (Å²) < 4.78 is 29.2. The lowest BCUT2D eigenvalue weighted by Gasteiger charge is -2.20. The molecule has 166 valence electrons. The molecule has 0 heterocycles. The van der Waals surface area contributed by atoms with Crippen LogP contribution in [0.1, 0.15) is 52.7 Å². The molecule has 0 unspecified atom stereocenters. The first-order valence-corrected chi connectivity index (χ1v) is 12.7. The van der Waals surface area contributed by atoms with Gasteiger partial charge in [-0.3, -0.25) is 4.55 Å². The van der Waals surface area contributed by atoms with E-state index in [4.69, 9.17) is 4.55 Å². The normalized spacial score (nSPS) is 12.1. The third-order valence-electron chi connectivity index (χ3n) is 4.83. The first kappa shape index (κ1) is 25.3. The van der Waals surface area contributed by atoms with Gasteiger partial charge < -0.3 is 0 Å². The van der Waals surface area contributed by atoms with Crippen molar-refractivity contribution >= 4 is 29.3 Å². The number of rotatable bonds is 3. The summed E-state index contributed by atoms with van der Waals surface area (Å²) in [6.07, 6.45) is 0. The van der Waals surface area contributed by atoms with E-state index in [2.05, 4.69) is 90.1 Å². The second-order valence-corrected chi connectivity index (χ2v) is 12.4. The Morgan fingerprint density at radius 1 is 0.613 bits per heavy atom. The van der Waals surface area contributed by atoms with E-state index in [0.29, 0.717) is 0 Å². The van der Waals surface area contributed by atoms with Crippen molar-refractivity contribution in [2.24, 2.45) is 0 Å². The molecule has 3 aromatic rings. The Morgan fingerprint density at radius 2 is 0.968 bits per heavy atom. The highest BCUT2D eigenvalue weighted by Gasteiger charge is 2.14. The SMILES string of the molecule is CC(C)(C)c1ccc(Pc2ccc(C(C)(C)C)cc2)cc1.O=S(=O)(O)c1ccccc1. The zero-order valence-electron chi connectivity index (χ0n) is 19.2. The summed E-state index contributed by atoms with van der Waals surface area (Å²) in [7, 11) is -3.27. The van der Waals surface area contributed by atoms with Gasteiger partial charge in [0.05, 0.1) is 4.90 Å². The fraction of sp³-hybridized carbons (Fsp3) is 0.308. The molecular formula is C26H33O3PS. The van der Waals surface area contributed by atoms with E-state index in [1.54, 1.807) is 18.2 Å². The van der Waals surface area contributed by atoms with Crippen LogP contribution >= 0.6 is 8.58 Å². The van der Waals surface area contributed by atoms with E-state index in [1.165, 1.54) is 33.9 Å². The maximum absolute atomic E-state index is 10.4. The lowest BCUT2D eigenvalue weighted by molar-refractivity contribution is 0.483. The van der Waals surface area contributed by atoms with Gasteiger partial charge in [-0.1, -0.05) is 117 Å². The van der Waals surface area contributed by atoms with Crippen LogP contribution in [0.4, 0.5) is 0 Å². The molecule has 0 aliphatic carbocycles. The molecule has 0 saturated heterocycles. The van der Waals surface area contributed by atoms with Crippen molar-refractivity contribution in [3.8, 4) is 0 Å². The second kappa shape index (κ2) is 10.1. The van der Waals surface area contributed by atoms with Crippen molar-refractivity contribution in [3.05, 3.63) is 90.0 Å². The zero-order chi connectivity index (χ0) is 23.3. The molecular weight excluding hydrogens is 423 g/mol. The Kier molecular flexibility index (Phi) is 8.21. The van der Waals surface area contributed by atoms with Gasteiger partial charge in [-0.2, -0.15) is 8.42 Å². The first-order valence-electron chi connectivity index (χ1n) is 10.3. The summed E-state index contributed by atoms with van der Waals surface area (Å²) in [5.74, 6) is 0. The van der Waals surface area contributed by atoms with E-state index in [0.717, 1.165) is 8.58 Å². The van der Waals surface area contributed by atoms with Crippen molar-refractivity contribution < 1.29 is 13.0 Å². The molecule has 0 spiro atoms. The quantitative estimate of drug-likeness (QED) is 0.398. The maximum Gasteiger partial charge on any atom is 0.294 e. The van der Waals surface area contributed by atoms with E-state index >= 15 is 0 Å². The van der Waals surface area contributed by atoms with Gasteiger partial charge in [0.15, 0.2) is 0 Å². The van der Waals surface area contributed by atoms with Crippen LogP contribution in [0, 0.1) is 0 Å². The van der Waals surface area contributed by atoms with Gasteiger partial charge in [0.1, 0.15) is 0 Å². The van der Waals surface area contributed by atoms with Crippen LogP contribution in [0.5, 0.6) is 0 Å². The van der Waals surface area contributed by atoms with Crippen molar-refractivity contribution in [3.63, 3.8) is 0 Å². The van der Waals surface area contributed by atoms with Crippen LogP contribution < -0.4 is 10.6 Å². The van der Waals surface area contributed by atoms with Gasteiger partial charge in [-0.15, -0.1) is 0 Å². The molecule has 0 bridgehead atoms. The minimum absolute atomic E-state index is 0.0741. The maximum atomic E-state index is 10.4. The molecule has 0 fully saturated rings. The van der Waals surface area contributed by atoms with Gasteiger partial charge in [0.2, 0.25) is 0 Å². The zero-order valence-corrected chi connectivity index (χ0v) is 21.0. The summed E-state index contributed by atoms with van der Waals surface area (Å²) >= 11 is 0. The Labute approximate surface area is 189 Å². The minimum Gasteiger partial charge on any atom is -0.282 e. The molecule has 0 aliphatic rings. The number of hydrogen-bond acceptors (Lipinski definition) is 2. The lowest BCUT2D eigenvalue weighted by Crippen LogP contribution is -2.13. The van der Waals surface area contributed by atoms with Crippen molar-refractivity contribution in [1.29, 1.82) is 0 Å². The van der Waals surface area contributed by atoms with Crippen molar-refractivity contribution in [2.75, 3.05) is 0 Å². The van der Waals surface area contributed by atoms with Crippen LogP contribution in [0.3, 0.4) is 0 Å². The smallest absolute Gasteiger partial charge is 0.282 e. The summed E-state index contributed by atoms with van der Waals surface area (Å²) in [4.78, 5) is -0.0741. The Bertz CT molecular complexity index is 1000. The predicted molar refractivity (Wildman–Crippen MR) is 134 cm³/mol. The van der Waals surface area contributed by atoms with Gasteiger partial charge in [-0.25, -0.2) is 0 Å². The molecule has 31 heavy (non-hydrogen) atoms. The lowest BCUT2D eigenvalue weighted by atomic mass is 9.87. The Hall–Kier alpha value is -2.00. The standard InChI is InChI=1S/C20H27P.C6H6O3S/c1-19(2,3)15-7-11-17(12-8-15)21-18-13-9-16(10-14-18)20(4,5)6;7-10(8,9)6-4-2-1-3-5-6/h7-14,21H,1-6H3;1-5H,(H,7,8,9). The van der Waals surface area contributed by atoms with E-state index in [-0.39, 0.29) is 15.7 Å². The highest BCUT2D eigenvalue weighted by Crippen LogP contribution is 2.24. The molecule has 0 amide bonds. The van der Waals surface area contributed by atoms with Crippen LogP contribution in [0.2, 0.25) is 0 Å². The van der Waals surface area contributed by atoms with Crippen LogP contribution in [0.15, 0.2) is 83.8 Å². The molecule has 3 aromatic carbocycles. The van der Waals surface area contributed by atoms with Gasteiger partial charge >= 0.3 is 0 Å². The topological polar surface area (TPSA) is 54.4 Å². The molecule has 0 aliphatic heterocycles. The summed E-state index contributed by atoms with van der Waals surface area (Å²) in [6.45, 7) is 13.6. The fourth-order valence-corrected chi connectivity index (χ4v) is 4.37. The third-order valence-corrected chi connectivity index (χ3v) is 6.94. The summed E-state index contributed by atoms with van der Waals surface area (Å²) in [6, 6.07) is 25.6. The third kappa shape index (κ3) is 8.22. The average molecular weight is 457 g/mol. The van der Waals surface area contributed by atoms with E-state index < -0.39 is 10.1 Å². The van der Waals surface area contributed by atoms with Crippen LogP contribution in [-0.2, 0) is 20.9 Å². The van der Waals surface area contributed by atoms with Gasteiger partial charge in [0.25, 0.3) is 10.1 Å².